The predicted octanol–water partition coefficient (Wildman–Crippen LogP) is 2.68. The van der Waals surface area contributed by atoms with Crippen LogP contribution in [-0.4, -0.2) is 18.5 Å². The second-order valence-corrected chi connectivity index (χ2v) is 6.05. The smallest absolute Gasteiger partial charge is 0.252 e. The van der Waals surface area contributed by atoms with Crippen LogP contribution in [0, 0.1) is 5.92 Å². The van der Waals surface area contributed by atoms with E-state index >= 15 is 0 Å². The third-order valence-electron chi connectivity index (χ3n) is 2.93. The summed E-state index contributed by atoms with van der Waals surface area (Å²) in [5, 5.41) is 3.00. The fourth-order valence-electron chi connectivity index (χ4n) is 1.79. The number of rotatable bonds is 4. The summed E-state index contributed by atoms with van der Waals surface area (Å²) in [6.45, 7) is 0.502. The molecular formula is C12H14Br2N2O. The van der Waals surface area contributed by atoms with Gasteiger partial charge in [0.15, 0.2) is 0 Å². The Morgan fingerprint density at radius 1 is 1.47 bits per heavy atom. The average molecular weight is 362 g/mol. The SMILES string of the molecule is NCC(NC(=O)c1cc(Br)ccc1Br)C1CC1. The van der Waals surface area contributed by atoms with Crippen molar-refractivity contribution in [1.29, 1.82) is 0 Å². The number of carbonyl (C=O) groups is 1. The standard InChI is InChI=1S/C12H14Br2N2O/c13-8-3-4-10(14)9(5-8)12(17)16-11(6-15)7-1-2-7/h3-5,7,11H,1-2,6,15H2,(H,16,17). The maximum absolute atomic E-state index is 12.1. The average Bonchev–Trinajstić information content (AvgIpc) is 3.13. The van der Waals surface area contributed by atoms with Crippen molar-refractivity contribution in [3.05, 3.63) is 32.7 Å². The lowest BCUT2D eigenvalue weighted by Gasteiger charge is -2.16. The number of benzene rings is 1. The molecule has 0 bridgehead atoms. The van der Waals surface area contributed by atoms with E-state index in [1.165, 1.54) is 12.8 Å². The highest BCUT2D eigenvalue weighted by Crippen LogP contribution is 2.32. The normalized spacial score (nSPS) is 16.6. The second-order valence-electron chi connectivity index (χ2n) is 4.28. The zero-order valence-corrected chi connectivity index (χ0v) is 12.4. The summed E-state index contributed by atoms with van der Waals surface area (Å²) in [6.07, 6.45) is 2.34. The molecule has 0 heterocycles. The summed E-state index contributed by atoms with van der Waals surface area (Å²) >= 11 is 6.75. The Labute approximate surface area is 117 Å². The van der Waals surface area contributed by atoms with E-state index in [2.05, 4.69) is 37.2 Å². The van der Waals surface area contributed by atoms with E-state index in [-0.39, 0.29) is 11.9 Å². The van der Waals surface area contributed by atoms with Crippen LogP contribution in [-0.2, 0) is 0 Å². The van der Waals surface area contributed by atoms with Crippen molar-refractivity contribution in [3.63, 3.8) is 0 Å². The van der Waals surface area contributed by atoms with Crippen LogP contribution in [0.2, 0.25) is 0 Å². The van der Waals surface area contributed by atoms with Crippen molar-refractivity contribution in [1.82, 2.24) is 5.32 Å². The number of halogens is 2. The minimum Gasteiger partial charge on any atom is -0.348 e. The van der Waals surface area contributed by atoms with E-state index in [9.17, 15) is 4.79 Å². The van der Waals surface area contributed by atoms with Crippen molar-refractivity contribution < 1.29 is 4.79 Å². The summed E-state index contributed by atoms with van der Waals surface area (Å²) in [5.74, 6) is 0.496. The monoisotopic (exact) mass is 360 g/mol. The molecule has 1 aromatic rings. The Bertz CT molecular complexity index is 433. The summed E-state index contributed by atoms with van der Waals surface area (Å²) in [5.41, 5.74) is 6.31. The van der Waals surface area contributed by atoms with Crippen LogP contribution in [0.4, 0.5) is 0 Å². The Morgan fingerprint density at radius 2 is 2.18 bits per heavy atom. The Hall–Kier alpha value is -0.390. The Balaban J connectivity index is 2.10. The van der Waals surface area contributed by atoms with E-state index < -0.39 is 0 Å². The summed E-state index contributed by atoms with van der Waals surface area (Å²) < 4.78 is 1.69. The van der Waals surface area contributed by atoms with Gasteiger partial charge in [-0.2, -0.15) is 0 Å². The van der Waals surface area contributed by atoms with E-state index in [0.717, 1.165) is 8.95 Å². The fourth-order valence-corrected chi connectivity index (χ4v) is 2.57. The van der Waals surface area contributed by atoms with Crippen LogP contribution >= 0.6 is 31.9 Å². The van der Waals surface area contributed by atoms with Crippen molar-refractivity contribution >= 4 is 37.8 Å². The zero-order valence-electron chi connectivity index (χ0n) is 9.25. The summed E-state index contributed by atoms with van der Waals surface area (Å²) in [6, 6.07) is 5.66. The molecule has 1 atom stereocenters. The molecule has 0 saturated heterocycles. The predicted molar refractivity (Wildman–Crippen MR) is 74.9 cm³/mol. The van der Waals surface area contributed by atoms with Crippen LogP contribution < -0.4 is 11.1 Å². The first-order valence-electron chi connectivity index (χ1n) is 5.58. The lowest BCUT2D eigenvalue weighted by molar-refractivity contribution is 0.0932. The number of carbonyl (C=O) groups excluding carboxylic acids is 1. The van der Waals surface area contributed by atoms with Crippen molar-refractivity contribution in [3.8, 4) is 0 Å². The number of hydrogen-bond acceptors (Lipinski definition) is 2. The van der Waals surface area contributed by atoms with Crippen molar-refractivity contribution in [2.75, 3.05) is 6.54 Å². The van der Waals surface area contributed by atoms with Crippen LogP contribution in [0.1, 0.15) is 23.2 Å². The minimum atomic E-state index is -0.0690. The number of nitrogens with one attached hydrogen (secondary N) is 1. The van der Waals surface area contributed by atoms with Crippen LogP contribution in [0.5, 0.6) is 0 Å². The van der Waals surface area contributed by atoms with Gasteiger partial charge in [0.2, 0.25) is 0 Å². The third kappa shape index (κ3) is 3.30. The molecule has 17 heavy (non-hydrogen) atoms. The van der Waals surface area contributed by atoms with Gasteiger partial charge < -0.3 is 11.1 Å². The van der Waals surface area contributed by atoms with E-state index in [1.54, 1.807) is 6.07 Å². The Morgan fingerprint density at radius 3 is 2.76 bits per heavy atom. The first kappa shape index (κ1) is 13.1. The van der Waals surface area contributed by atoms with Gasteiger partial charge in [-0.15, -0.1) is 0 Å². The minimum absolute atomic E-state index is 0.0690. The number of nitrogens with two attached hydrogens (primary N) is 1. The van der Waals surface area contributed by atoms with Gasteiger partial charge in [0.25, 0.3) is 5.91 Å². The summed E-state index contributed by atoms with van der Waals surface area (Å²) in [4.78, 5) is 12.1. The van der Waals surface area contributed by atoms with E-state index in [0.29, 0.717) is 18.0 Å². The molecule has 1 saturated carbocycles. The molecule has 1 fully saturated rings. The Kier molecular flexibility index (Phi) is 4.22. The lowest BCUT2D eigenvalue weighted by Crippen LogP contribution is -2.41. The van der Waals surface area contributed by atoms with Gasteiger partial charge in [0, 0.05) is 21.5 Å². The van der Waals surface area contributed by atoms with Crippen LogP contribution in [0.15, 0.2) is 27.1 Å². The maximum Gasteiger partial charge on any atom is 0.252 e. The second kappa shape index (κ2) is 5.50. The molecule has 1 aromatic carbocycles. The molecule has 1 amide bonds. The quantitative estimate of drug-likeness (QED) is 0.866. The fraction of sp³-hybridized carbons (Fsp3) is 0.417. The topological polar surface area (TPSA) is 55.1 Å². The molecule has 0 aliphatic heterocycles. The van der Waals surface area contributed by atoms with Crippen LogP contribution in [0.25, 0.3) is 0 Å². The molecule has 3 nitrogen and oxygen atoms in total. The van der Waals surface area contributed by atoms with Gasteiger partial charge in [0.05, 0.1) is 5.56 Å². The molecule has 1 aliphatic carbocycles. The molecule has 5 heteroatoms. The van der Waals surface area contributed by atoms with Crippen molar-refractivity contribution in [2.45, 2.75) is 18.9 Å². The summed E-state index contributed by atoms with van der Waals surface area (Å²) in [7, 11) is 0. The molecule has 0 spiro atoms. The van der Waals surface area contributed by atoms with Gasteiger partial charge in [0.1, 0.15) is 0 Å². The number of hydrogen-bond donors (Lipinski definition) is 2. The zero-order chi connectivity index (χ0) is 12.4. The van der Waals surface area contributed by atoms with E-state index in [1.807, 2.05) is 12.1 Å². The first-order valence-corrected chi connectivity index (χ1v) is 7.16. The van der Waals surface area contributed by atoms with Gasteiger partial charge in [-0.1, -0.05) is 15.9 Å². The highest BCUT2D eigenvalue weighted by atomic mass is 79.9. The lowest BCUT2D eigenvalue weighted by atomic mass is 10.1. The highest BCUT2D eigenvalue weighted by molar-refractivity contribution is 9.11. The maximum atomic E-state index is 12.1. The molecule has 2 rings (SSSR count). The molecule has 0 radical (unpaired) electrons. The van der Waals surface area contributed by atoms with Gasteiger partial charge >= 0.3 is 0 Å². The molecule has 1 unspecified atom stereocenters. The van der Waals surface area contributed by atoms with Crippen molar-refractivity contribution in [2.24, 2.45) is 11.7 Å². The molecule has 1 aliphatic rings. The van der Waals surface area contributed by atoms with Crippen LogP contribution in [0.3, 0.4) is 0 Å². The van der Waals surface area contributed by atoms with E-state index in [4.69, 9.17) is 5.73 Å². The number of amides is 1. The van der Waals surface area contributed by atoms with Gasteiger partial charge in [-0.05, 0) is 52.9 Å². The molecular weight excluding hydrogens is 348 g/mol. The van der Waals surface area contributed by atoms with Gasteiger partial charge in [-0.3, -0.25) is 4.79 Å². The molecule has 0 aromatic heterocycles. The largest absolute Gasteiger partial charge is 0.348 e. The molecule has 3 N–H and O–H groups in total. The third-order valence-corrected chi connectivity index (χ3v) is 4.12. The molecule has 92 valence electrons. The first-order chi connectivity index (χ1) is 8.11. The highest BCUT2D eigenvalue weighted by Gasteiger charge is 2.31. The van der Waals surface area contributed by atoms with Gasteiger partial charge in [-0.25, -0.2) is 0 Å².